The Balaban J connectivity index is 1.76. The number of guanidine groups is 2. The second-order valence-corrected chi connectivity index (χ2v) is 20.9. The molecule has 0 unspecified atom stereocenters. The maximum atomic E-state index is 14.1. The van der Waals surface area contributed by atoms with Crippen LogP contribution in [0.2, 0.25) is 0 Å². The summed E-state index contributed by atoms with van der Waals surface area (Å²) in [4.78, 5) is 158. The molecule has 492 valence electrons. The van der Waals surface area contributed by atoms with Crippen LogP contribution in [0.1, 0.15) is 94.6 Å². The summed E-state index contributed by atoms with van der Waals surface area (Å²) in [6.45, 7) is -0.892. The number of likely N-dealkylation sites (tertiary alicyclic amines) is 1. The number of methoxy groups -OCH3 is 1. The molecule has 0 saturated carbocycles. The van der Waals surface area contributed by atoms with Gasteiger partial charge in [0.05, 0.1) is 13.7 Å². The van der Waals surface area contributed by atoms with E-state index in [0.717, 1.165) is 7.11 Å². The van der Waals surface area contributed by atoms with E-state index >= 15 is 0 Å². The van der Waals surface area contributed by atoms with Crippen LogP contribution in [-0.4, -0.2) is 198 Å². The van der Waals surface area contributed by atoms with Crippen LogP contribution in [-0.2, 0) is 70.3 Å². The number of nitrogens with two attached hydrogens (primary N) is 7. The van der Waals surface area contributed by atoms with Gasteiger partial charge in [0.15, 0.2) is 11.9 Å². The van der Waals surface area contributed by atoms with Crippen molar-refractivity contribution < 1.29 is 72.8 Å². The molecule has 8 atom stereocenters. The first-order chi connectivity index (χ1) is 42.4. The molecule has 25 N–H and O–H groups in total. The van der Waals surface area contributed by atoms with E-state index in [0.29, 0.717) is 30.4 Å². The molecule has 89 heavy (non-hydrogen) atoms. The Morgan fingerprint density at radius 1 is 0.551 bits per heavy atom. The molecule has 1 saturated heterocycles. The van der Waals surface area contributed by atoms with Crippen molar-refractivity contribution in [2.75, 3.05) is 53.0 Å². The Labute approximate surface area is 514 Å². The normalized spacial score (nSPS) is 14.9. The number of primary amides is 1. The monoisotopic (exact) mass is 1250 g/mol. The topological polar surface area (TPSA) is 564 Å². The van der Waals surface area contributed by atoms with Crippen molar-refractivity contribution in [1.82, 2.24) is 47.4 Å². The Bertz CT molecular complexity index is 2750. The lowest BCUT2D eigenvalue weighted by atomic mass is 10.0. The van der Waals surface area contributed by atoms with Crippen molar-refractivity contribution >= 4 is 77.0 Å². The van der Waals surface area contributed by atoms with Gasteiger partial charge >= 0.3 is 5.97 Å². The number of aromatic hydroxyl groups is 2. The Kier molecular flexibility index (Phi) is 32.7. The number of hydrogen-bond acceptors (Lipinski definition) is 19. The van der Waals surface area contributed by atoms with Gasteiger partial charge in [-0.2, -0.15) is 0 Å². The summed E-state index contributed by atoms with van der Waals surface area (Å²) in [5, 5.41) is 50.3. The van der Waals surface area contributed by atoms with Crippen LogP contribution < -0.4 is 82.7 Å². The molecular formula is C56H88N18O15. The fraction of sp³-hybridized carbons (Fsp3) is 0.554. The summed E-state index contributed by atoms with van der Waals surface area (Å²) in [6, 6.07) is 0.998. The summed E-state index contributed by atoms with van der Waals surface area (Å²) in [5.74, 6) is -9.43. The number of carbonyl (C=O) groups is 11. The second-order valence-electron chi connectivity index (χ2n) is 20.9. The lowest BCUT2D eigenvalue weighted by Gasteiger charge is -2.30. The molecule has 0 radical (unpaired) electrons. The highest BCUT2D eigenvalue weighted by molar-refractivity contribution is 5.97. The van der Waals surface area contributed by atoms with E-state index in [9.17, 15) is 68.1 Å². The Morgan fingerprint density at radius 3 is 1.51 bits per heavy atom. The summed E-state index contributed by atoms with van der Waals surface area (Å²) in [7, 11) is 1.11. The van der Waals surface area contributed by atoms with Gasteiger partial charge in [-0.05, 0) is 106 Å². The number of carbonyl (C=O) groups excluding carboxylic acids is 11. The first kappa shape index (κ1) is 73.9. The van der Waals surface area contributed by atoms with Crippen LogP contribution in [0.25, 0.3) is 0 Å². The van der Waals surface area contributed by atoms with E-state index in [1.54, 1.807) is 12.1 Å². The number of benzene rings is 2. The summed E-state index contributed by atoms with van der Waals surface area (Å²) in [6.07, 6.45) is -0.101. The smallest absolute Gasteiger partial charge is 0.328 e. The standard InChI is InChI=1S/C56H88N18O15/c1-89-54(88)41(30-33-13-17-35(77)18-14-33)72-49(83)38(9-5-26-66-56(62)63)70-50(84)39(19-20-44(59)78)71-48(82)37(8-4-25-65-55(60)61)67-46(80)22-27-64-47(81)36(7-2-3-23-57)69-51(85)42(31-75)73-52(86)43-10-6-28-74(43)53(87)40(68-45(79)21-24-58)29-32-11-15-34(76)16-12-32/h11-18,36-43,75-77H,2-10,19-31,57-58H2,1H3,(H2,59,78)(H,64,81)(H,67,80)(H,68,79)(H,69,85)(H,70,84)(H,71,82)(H,72,83)(H,73,86)(H4,60,61,65)(H4,62,63,66)/t36-,37-,38-,39-,40-,41-,42-,43-/m0/s1. The molecule has 1 fully saturated rings. The highest BCUT2D eigenvalue weighted by Gasteiger charge is 2.40. The number of amides is 10. The fourth-order valence-corrected chi connectivity index (χ4v) is 9.27. The first-order valence-electron chi connectivity index (χ1n) is 29.1. The molecule has 33 heteroatoms. The van der Waals surface area contributed by atoms with Crippen LogP contribution in [0.5, 0.6) is 11.5 Å². The van der Waals surface area contributed by atoms with Crippen LogP contribution >= 0.6 is 0 Å². The van der Waals surface area contributed by atoms with Gasteiger partial charge < -0.3 is 108 Å². The van der Waals surface area contributed by atoms with Crippen LogP contribution in [0.3, 0.4) is 0 Å². The zero-order chi connectivity index (χ0) is 66.0. The van der Waals surface area contributed by atoms with Gasteiger partial charge in [-0.15, -0.1) is 0 Å². The van der Waals surface area contributed by atoms with Crippen molar-refractivity contribution in [2.45, 2.75) is 145 Å². The number of unbranched alkanes of at least 4 members (excludes halogenated alkanes) is 1. The minimum atomic E-state index is -1.61. The van der Waals surface area contributed by atoms with Crippen molar-refractivity contribution in [3.8, 4) is 11.5 Å². The number of aliphatic imine (C=N–C) groups is 2. The number of phenols is 2. The van der Waals surface area contributed by atoms with E-state index < -0.39 is 139 Å². The SMILES string of the molecule is COC(=O)[C@H](Cc1ccc(O)cc1)NC(=O)[C@H](CCCN=C(N)N)NC(=O)[C@H](CCC(N)=O)NC(=O)[C@H](CCCN=C(N)N)NC(=O)CCNC(=O)[C@H](CCCCN)NC(=O)[C@H](CO)NC(=O)[C@@H]1CCCN1C(=O)[C@H](Cc1ccc(O)cc1)NC(=O)CCN. The predicted octanol–water partition coefficient (Wildman–Crippen LogP) is -6.21. The largest absolute Gasteiger partial charge is 0.508 e. The average Bonchev–Trinajstić information content (AvgIpc) is 2.30. The number of esters is 1. The fourth-order valence-electron chi connectivity index (χ4n) is 9.27. The molecule has 3 rings (SSSR count). The molecule has 2 aromatic carbocycles. The number of aliphatic hydroxyl groups excluding tert-OH is 1. The maximum Gasteiger partial charge on any atom is 0.328 e. The molecule has 10 amide bonds. The third-order valence-electron chi connectivity index (χ3n) is 13.9. The van der Waals surface area contributed by atoms with Crippen LogP contribution in [0.4, 0.5) is 0 Å². The summed E-state index contributed by atoms with van der Waals surface area (Å²) >= 11 is 0. The van der Waals surface area contributed by atoms with Crippen molar-refractivity contribution in [2.24, 2.45) is 50.1 Å². The van der Waals surface area contributed by atoms with Gasteiger partial charge in [0.2, 0.25) is 59.1 Å². The molecule has 2 aromatic rings. The summed E-state index contributed by atoms with van der Waals surface area (Å²) < 4.78 is 4.91. The van der Waals surface area contributed by atoms with E-state index in [4.69, 9.17) is 44.9 Å². The molecule has 0 bridgehead atoms. The maximum absolute atomic E-state index is 14.1. The lowest BCUT2D eigenvalue weighted by Crippen LogP contribution is -2.59. The van der Waals surface area contributed by atoms with Gasteiger partial charge in [0.25, 0.3) is 0 Å². The Hall–Kier alpha value is -9.37. The zero-order valence-electron chi connectivity index (χ0n) is 49.9. The van der Waals surface area contributed by atoms with E-state index in [2.05, 4.69) is 52.5 Å². The molecule has 0 aliphatic carbocycles. The lowest BCUT2D eigenvalue weighted by molar-refractivity contribution is -0.145. The van der Waals surface area contributed by atoms with Gasteiger partial charge in [-0.25, -0.2) is 4.79 Å². The highest BCUT2D eigenvalue weighted by Crippen LogP contribution is 2.21. The van der Waals surface area contributed by atoms with Gasteiger partial charge in [-0.3, -0.25) is 57.9 Å². The number of phenolic OH excluding ortho intramolecular Hbond substituents is 2. The number of nitrogens with one attached hydrogen (secondary N) is 8. The molecule has 1 heterocycles. The van der Waals surface area contributed by atoms with E-state index in [1.807, 2.05) is 0 Å². The van der Waals surface area contributed by atoms with Gasteiger partial charge in [0.1, 0.15) is 59.8 Å². The predicted molar refractivity (Wildman–Crippen MR) is 323 cm³/mol. The minimum Gasteiger partial charge on any atom is -0.508 e. The molecule has 1 aliphatic heterocycles. The number of ether oxygens (including phenoxy) is 1. The van der Waals surface area contributed by atoms with E-state index in [-0.39, 0.29) is 120 Å². The quantitative estimate of drug-likeness (QED) is 0.0128. The van der Waals surface area contributed by atoms with Crippen molar-refractivity contribution in [3.63, 3.8) is 0 Å². The van der Waals surface area contributed by atoms with Crippen molar-refractivity contribution in [1.29, 1.82) is 0 Å². The molecule has 1 aliphatic rings. The zero-order valence-corrected chi connectivity index (χ0v) is 49.9. The summed E-state index contributed by atoms with van der Waals surface area (Å²) in [5.41, 5.74) is 39.8. The molecule has 0 aromatic heterocycles. The second kappa shape index (κ2) is 39.4. The van der Waals surface area contributed by atoms with Gasteiger partial charge in [-0.1, -0.05) is 24.3 Å². The third-order valence-corrected chi connectivity index (χ3v) is 13.9. The molecule has 33 nitrogen and oxygen atoms in total. The number of aliphatic hydroxyl groups is 1. The minimum absolute atomic E-state index is 0.00331. The Morgan fingerprint density at radius 2 is 1.01 bits per heavy atom. The van der Waals surface area contributed by atoms with E-state index in [1.165, 1.54) is 41.3 Å². The van der Waals surface area contributed by atoms with Crippen LogP contribution in [0, 0.1) is 0 Å². The van der Waals surface area contributed by atoms with Gasteiger partial charge in [0, 0.05) is 64.8 Å². The molecular weight excluding hydrogens is 1160 g/mol. The first-order valence-corrected chi connectivity index (χ1v) is 29.1. The number of hydrogen-bond donors (Lipinski definition) is 18. The van der Waals surface area contributed by atoms with Crippen LogP contribution in [0.15, 0.2) is 58.5 Å². The van der Waals surface area contributed by atoms with Crippen molar-refractivity contribution in [3.05, 3.63) is 59.7 Å². The highest BCUT2D eigenvalue weighted by atomic mass is 16.5. The molecule has 0 spiro atoms. The number of rotatable bonds is 40. The number of nitrogens with zero attached hydrogens (tertiary/aromatic N) is 3. The third kappa shape index (κ3) is 27.5. The average molecular weight is 1250 g/mol.